The molecule has 2 spiro atoms. The Morgan fingerprint density at radius 1 is 0.765 bits per heavy atom. The second-order valence-electron chi connectivity index (χ2n) is 4.89. The van der Waals surface area contributed by atoms with Crippen molar-refractivity contribution in [1.82, 2.24) is 0 Å². The average molecular weight is 263 g/mol. The number of alkyl halides is 1. The molecule has 4 aliphatic heterocycles. The first-order valence-electron chi connectivity index (χ1n) is 6.13. The van der Waals surface area contributed by atoms with Crippen LogP contribution in [0.3, 0.4) is 0 Å². The van der Waals surface area contributed by atoms with Gasteiger partial charge < -0.3 is 23.7 Å². The number of halogens is 1. The molecule has 4 saturated heterocycles. The molecule has 4 heterocycles. The predicted molar refractivity (Wildman–Crippen MR) is 56.8 cm³/mol. The van der Waals surface area contributed by atoms with E-state index in [2.05, 4.69) is 0 Å². The molecule has 2 unspecified atom stereocenters. The van der Waals surface area contributed by atoms with Gasteiger partial charge in [0.05, 0.1) is 26.4 Å². The van der Waals surface area contributed by atoms with Crippen molar-refractivity contribution in [1.29, 1.82) is 0 Å². The van der Waals surface area contributed by atoms with E-state index < -0.39 is 17.0 Å². The SMILES string of the molecule is ClC1C2(OCCO2)C2CCC(O2)C12OCCO2. The summed E-state index contributed by atoms with van der Waals surface area (Å²) in [4.78, 5) is 0. The van der Waals surface area contributed by atoms with Crippen LogP contribution in [0.2, 0.25) is 0 Å². The van der Waals surface area contributed by atoms with Crippen molar-refractivity contribution in [3.63, 3.8) is 0 Å². The summed E-state index contributed by atoms with van der Waals surface area (Å²) in [5.41, 5.74) is 0. The molecule has 0 radical (unpaired) electrons. The molecule has 5 nitrogen and oxygen atoms in total. The van der Waals surface area contributed by atoms with Crippen LogP contribution in [0.4, 0.5) is 0 Å². The predicted octanol–water partition coefficient (Wildman–Crippen LogP) is 0.641. The first-order valence-corrected chi connectivity index (χ1v) is 6.57. The van der Waals surface area contributed by atoms with Crippen LogP contribution in [0, 0.1) is 0 Å². The second-order valence-corrected chi connectivity index (χ2v) is 5.33. The van der Waals surface area contributed by atoms with Gasteiger partial charge >= 0.3 is 0 Å². The molecule has 0 saturated carbocycles. The number of rotatable bonds is 0. The van der Waals surface area contributed by atoms with E-state index in [0.717, 1.165) is 12.8 Å². The minimum Gasteiger partial charge on any atom is -0.364 e. The van der Waals surface area contributed by atoms with Crippen LogP contribution in [0.15, 0.2) is 0 Å². The third kappa shape index (κ3) is 1.22. The van der Waals surface area contributed by atoms with Gasteiger partial charge in [-0.2, -0.15) is 0 Å². The summed E-state index contributed by atoms with van der Waals surface area (Å²) in [5, 5.41) is -0.480. The van der Waals surface area contributed by atoms with Crippen molar-refractivity contribution < 1.29 is 23.7 Å². The van der Waals surface area contributed by atoms with Gasteiger partial charge in [-0.15, -0.1) is 11.6 Å². The molecule has 17 heavy (non-hydrogen) atoms. The summed E-state index contributed by atoms with van der Waals surface area (Å²) in [6.45, 7) is 2.18. The first-order chi connectivity index (χ1) is 8.28. The Morgan fingerprint density at radius 2 is 1.18 bits per heavy atom. The Balaban J connectivity index is 1.77. The maximum Gasteiger partial charge on any atom is 0.217 e. The van der Waals surface area contributed by atoms with Gasteiger partial charge in [-0.3, -0.25) is 0 Å². The van der Waals surface area contributed by atoms with Crippen molar-refractivity contribution in [2.45, 2.75) is 42.0 Å². The maximum absolute atomic E-state index is 6.59. The van der Waals surface area contributed by atoms with E-state index in [1.54, 1.807) is 0 Å². The maximum atomic E-state index is 6.59. The van der Waals surface area contributed by atoms with E-state index in [-0.39, 0.29) is 12.2 Å². The molecule has 2 atom stereocenters. The third-order valence-electron chi connectivity index (χ3n) is 4.10. The molecular weight excluding hydrogens is 248 g/mol. The Bertz CT molecular complexity index is 294. The number of fused-ring (bicyclic) bond motifs is 4. The van der Waals surface area contributed by atoms with Crippen LogP contribution in [-0.4, -0.2) is 55.6 Å². The second kappa shape index (κ2) is 3.56. The van der Waals surface area contributed by atoms with Crippen molar-refractivity contribution >= 4 is 11.6 Å². The smallest absolute Gasteiger partial charge is 0.217 e. The minimum absolute atomic E-state index is 0.101. The van der Waals surface area contributed by atoms with E-state index >= 15 is 0 Å². The zero-order valence-corrected chi connectivity index (χ0v) is 10.1. The van der Waals surface area contributed by atoms with Crippen LogP contribution >= 0.6 is 11.6 Å². The van der Waals surface area contributed by atoms with Crippen LogP contribution in [0.25, 0.3) is 0 Å². The summed E-state index contributed by atoms with van der Waals surface area (Å²) in [6, 6.07) is 0. The van der Waals surface area contributed by atoms with Crippen molar-refractivity contribution in [3.8, 4) is 0 Å². The van der Waals surface area contributed by atoms with Gasteiger partial charge in [0.15, 0.2) is 0 Å². The van der Waals surface area contributed by atoms with E-state index in [0.29, 0.717) is 26.4 Å². The van der Waals surface area contributed by atoms with Gasteiger partial charge in [0.2, 0.25) is 11.6 Å². The number of hydrogen-bond donors (Lipinski definition) is 0. The van der Waals surface area contributed by atoms with Gasteiger partial charge in [0.1, 0.15) is 17.6 Å². The molecule has 4 rings (SSSR count). The molecule has 4 fully saturated rings. The average Bonchev–Trinajstić information content (AvgIpc) is 3.07. The molecule has 0 aliphatic carbocycles. The van der Waals surface area contributed by atoms with Crippen molar-refractivity contribution in [3.05, 3.63) is 0 Å². The largest absolute Gasteiger partial charge is 0.364 e. The summed E-state index contributed by atoms with van der Waals surface area (Å²) < 4.78 is 29.0. The van der Waals surface area contributed by atoms with E-state index in [9.17, 15) is 0 Å². The van der Waals surface area contributed by atoms with E-state index in [1.165, 1.54) is 0 Å². The highest BCUT2D eigenvalue weighted by molar-refractivity contribution is 6.22. The topological polar surface area (TPSA) is 46.2 Å². The van der Waals surface area contributed by atoms with Gasteiger partial charge in [0, 0.05) is 0 Å². The lowest BCUT2D eigenvalue weighted by atomic mass is 9.96. The van der Waals surface area contributed by atoms with Crippen LogP contribution in [-0.2, 0) is 23.7 Å². The highest BCUT2D eigenvalue weighted by atomic mass is 35.5. The molecule has 0 amide bonds. The quantitative estimate of drug-likeness (QED) is 0.600. The molecule has 0 aromatic carbocycles. The monoisotopic (exact) mass is 262 g/mol. The fourth-order valence-corrected chi connectivity index (χ4v) is 3.92. The van der Waals surface area contributed by atoms with E-state index in [4.69, 9.17) is 35.3 Å². The first kappa shape index (κ1) is 11.0. The zero-order valence-electron chi connectivity index (χ0n) is 9.39. The van der Waals surface area contributed by atoms with Crippen LogP contribution in [0.1, 0.15) is 12.8 Å². The normalized spacial score (nSPS) is 46.1. The number of hydrogen-bond acceptors (Lipinski definition) is 5. The fraction of sp³-hybridized carbons (Fsp3) is 1.00. The minimum atomic E-state index is -0.890. The molecule has 0 aromatic heterocycles. The Kier molecular flexibility index (Phi) is 2.29. The fourth-order valence-electron chi connectivity index (χ4n) is 3.39. The zero-order chi connectivity index (χ0) is 11.5. The Hall–Kier alpha value is 0.0900. The van der Waals surface area contributed by atoms with Crippen LogP contribution < -0.4 is 0 Å². The standard InChI is InChI=1S/C11H15ClO5/c12-9-10(13-3-4-14-10)7-1-2-8(17-7)11(9)15-5-6-16-11/h7-9H,1-6H2. The van der Waals surface area contributed by atoms with E-state index in [1.807, 2.05) is 0 Å². The molecule has 6 heteroatoms. The Labute approximate surface area is 104 Å². The summed E-state index contributed by atoms with van der Waals surface area (Å²) in [6.07, 6.45) is 1.55. The van der Waals surface area contributed by atoms with Crippen molar-refractivity contribution in [2.75, 3.05) is 26.4 Å². The molecular formula is C11H15ClO5. The van der Waals surface area contributed by atoms with Crippen LogP contribution in [0.5, 0.6) is 0 Å². The lowest BCUT2D eigenvalue weighted by molar-refractivity contribution is -0.344. The lowest BCUT2D eigenvalue weighted by Crippen LogP contribution is -2.68. The highest BCUT2D eigenvalue weighted by Crippen LogP contribution is 2.53. The highest BCUT2D eigenvalue weighted by Gasteiger charge is 2.71. The Morgan fingerprint density at radius 3 is 1.59 bits per heavy atom. The summed E-state index contributed by atoms with van der Waals surface area (Å²) >= 11 is 6.59. The molecule has 0 N–H and O–H groups in total. The van der Waals surface area contributed by atoms with Gasteiger partial charge in [-0.1, -0.05) is 0 Å². The number of ether oxygens (including phenoxy) is 5. The lowest BCUT2D eigenvalue weighted by Gasteiger charge is -2.49. The summed E-state index contributed by atoms with van der Waals surface area (Å²) in [5.74, 6) is -1.78. The molecule has 96 valence electrons. The molecule has 0 aromatic rings. The van der Waals surface area contributed by atoms with Gasteiger partial charge in [-0.05, 0) is 12.8 Å². The summed E-state index contributed by atoms with van der Waals surface area (Å²) in [7, 11) is 0. The van der Waals surface area contributed by atoms with Crippen molar-refractivity contribution in [2.24, 2.45) is 0 Å². The molecule has 2 bridgehead atoms. The van der Waals surface area contributed by atoms with Gasteiger partial charge in [-0.25, -0.2) is 0 Å². The van der Waals surface area contributed by atoms with Gasteiger partial charge in [0.25, 0.3) is 0 Å². The molecule has 4 aliphatic rings. The third-order valence-corrected chi connectivity index (χ3v) is 4.71.